The standard InChI is InChI=1S/C27H35Cl2N3O5S/c1-5-18(2)25-26(33)32(14-11-19-9-10-21(36-3)22(17-19)37-4)27(30-25)12-15-31(16-13-27)38(34,35)23-8-6-7-20(28)24(23)29/h6-10,17-18,25,30H,5,11-16H2,1-4H3/t18-,25-/m0/s1. The molecule has 2 aromatic rings. The molecule has 2 aliphatic heterocycles. The molecule has 0 saturated carbocycles. The van der Waals surface area contributed by atoms with Gasteiger partial charge in [0.15, 0.2) is 11.5 Å². The molecule has 2 aliphatic rings. The Kier molecular flexibility index (Phi) is 8.84. The minimum atomic E-state index is -3.84. The van der Waals surface area contributed by atoms with E-state index in [-0.39, 0.29) is 45.9 Å². The molecule has 2 saturated heterocycles. The van der Waals surface area contributed by atoms with E-state index in [4.69, 9.17) is 32.7 Å². The summed E-state index contributed by atoms with van der Waals surface area (Å²) in [7, 11) is -0.645. The van der Waals surface area contributed by atoms with Gasteiger partial charge in [-0.25, -0.2) is 8.42 Å². The summed E-state index contributed by atoms with van der Waals surface area (Å²) in [5, 5.41) is 3.85. The molecule has 11 heteroatoms. The maximum atomic E-state index is 13.7. The van der Waals surface area contributed by atoms with Gasteiger partial charge in [0.1, 0.15) is 4.90 Å². The lowest BCUT2D eigenvalue weighted by Gasteiger charge is -2.44. The Bertz CT molecular complexity index is 1280. The van der Waals surface area contributed by atoms with Crippen LogP contribution in [-0.2, 0) is 21.2 Å². The lowest BCUT2D eigenvalue weighted by molar-refractivity contribution is -0.133. The van der Waals surface area contributed by atoms with Crippen LogP contribution in [0.1, 0.15) is 38.7 Å². The molecule has 8 nitrogen and oxygen atoms in total. The molecule has 1 N–H and O–H groups in total. The predicted octanol–water partition coefficient (Wildman–Crippen LogP) is 4.58. The fraction of sp³-hybridized carbons (Fsp3) is 0.519. The topological polar surface area (TPSA) is 88.2 Å². The Labute approximate surface area is 235 Å². The molecule has 2 fully saturated rings. The van der Waals surface area contributed by atoms with Crippen LogP contribution in [-0.4, -0.2) is 69.1 Å². The highest BCUT2D eigenvalue weighted by Gasteiger charge is 2.53. The minimum absolute atomic E-state index is 0.000801. The van der Waals surface area contributed by atoms with Crippen LogP contribution in [0.3, 0.4) is 0 Å². The van der Waals surface area contributed by atoms with Crippen molar-refractivity contribution in [3.63, 3.8) is 0 Å². The van der Waals surface area contributed by atoms with Crippen LogP contribution in [0.4, 0.5) is 0 Å². The summed E-state index contributed by atoms with van der Waals surface area (Å²) in [5.41, 5.74) is 0.402. The van der Waals surface area contributed by atoms with Gasteiger partial charge >= 0.3 is 0 Å². The Morgan fingerprint density at radius 1 is 1.11 bits per heavy atom. The number of benzene rings is 2. The Morgan fingerprint density at radius 2 is 1.79 bits per heavy atom. The van der Waals surface area contributed by atoms with E-state index in [1.54, 1.807) is 26.4 Å². The maximum Gasteiger partial charge on any atom is 0.244 e. The van der Waals surface area contributed by atoms with Gasteiger partial charge in [-0.3, -0.25) is 10.1 Å². The molecular weight excluding hydrogens is 549 g/mol. The SMILES string of the molecule is CC[C@H](C)[C@@H]1NC2(CCN(S(=O)(=O)c3cccc(Cl)c3Cl)CC2)N(CCc2ccc(OC)c(OC)c2)C1=O. The lowest BCUT2D eigenvalue weighted by Crippen LogP contribution is -2.60. The zero-order chi connectivity index (χ0) is 27.7. The van der Waals surface area contributed by atoms with Gasteiger partial charge in [-0.1, -0.05) is 55.6 Å². The van der Waals surface area contributed by atoms with Gasteiger partial charge in [0.05, 0.1) is 36.0 Å². The van der Waals surface area contributed by atoms with Crippen molar-refractivity contribution in [3.05, 3.63) is 52.0 Å². The predicted molar refractivity (Wildman–Crippen MR) is 149 cm³/mol. The average Bonchev–Trinajstić information content (AvgIpc) is 3.18. The smallest absolute Gasteiger partial charge is 0.244 e. The van der Waals surface area contributed by atoms with Crippen molar-refractivity contribution in [2.75, 3.05) is 33.9 Å². The summed E-state index contributed by atoms with van der Waals surface area (Å²) in [6.07, 6.45) is 2.42. The molecule has 4 rings (SSSR count). The molecule has 0 aliphatic carbocycles. The molecule has 2 heterocycles. The average molecular weight is 585 g/mol. The zero-order valence-electron chi connectivity index (χ0n) is 22.2. The number of sulfonamides is 1. The van der Waals surface area contributed by atoms with E-state index in [2.05, 4.69) is 19.2 Å². The molecule has 0 aromatic heterocycles. The van der Waals surface area contributed by atoms with Crippen molar-refractivity contribution in [2.24, 2.45) is 5.92 Å². The molecule has 2 atom stereocenters. The second-order valence-electron chi connectivity index (χ2n) is 9.92. The van der Waals surface area contributed by atoms with Crippen molar-refractivity contribution in [3.8, 4) is 11.5 Å². The van der Waals surface area contributed by atoms with E-state index in [1.165, 1.54) is 10.4 Å². The second kappa shape index (κ2) is 11.6. The maximum absolute atomic E-state index is 13.7. The fourth-order valence-electron chi connectivity index (χ4n) is 5.36. The van der Waals surface area contributed by atoms with Crippen molar-refractivity contribution >= 4 is 39.1 Å². The van der Waals surface area contributed by atoms with Crippen molar-refractivity contribution in [2.45, 2.75) is 56.1 Å². The van der Waals surface area contributed by atoms with E-state index in [9.17, 15) is 13.2 Å². The van der Waals surface area contributed by atoms with Gasteiger partial charge in [-0.2, -0.15) is 4.31 Å². The first-order valence-electron chi connectivity index (χ1n) is 12.8. The number of hydrogen-bond donors (Lipinski definition) is 1. The van der Waals surface area contributed by atoms with E-state index < -0.39 is 15.7 Å². The second-order valence-corrected chi connectivity index (χ2v) is 12.6. The molecule has 0 radical (unpaired) electrons. The molecule has 2 aromatic carbocycles. The third kappa shape index (κ3) is 5.36. The number of halogens is 2. The van der Waals surface area contributed by atoms with Crippen LogP contribution < -0.4 is 14.8 Å². The Hall–Kier alpha value is -2.04. The molecule has 208 valence electrons. The van der Waals surface area contributed by atoms with Gasteiger partial charge in [0.25, 0.3) is 0 Å². The van der Waals surface area contributed by atoms with Crippen LogP contribution >= 0.6 is 23.2 Å². The van der Waals surface area contributed by atoms with Gasteiger partial charge in [-0.05, 0) is 55.0 Å². The minimum Gasteiger partial charge on any atom is -0.493 e. The van der Waals surface area contributed by atoms with Crippen LogP contribution in [0, 0.1) is 5.92 Å². The van der Waals surface area contributed by atoms with Crippen molar-refractivity contribution < 1.29 is 22.7 Å². The third-order valence-corrected chi connectivity index (χ3v) is 10.7. The number of piperidine rings is 1. The van der Waals surface area contributed by atoms with Gasteiger partial charge in [0, 0.05) is 19.6 Å². The number of carbonyl (C=O) groups is 1. The first kappa shape index (κ1) is 29.0. The molecule has 1 spiro atoms. The first-order valence-corrected chi connectivity index (χ1v) is 15.0. The number of carbonyl (C=O) groups excluding carboxylic acids is 1. The van der Waals surface area contributed by atoms with Crippen LogP contribution in [0.25, 0.3) is 0 Å². The van der Waals surface area contributed by atoms with Crippen molar-refractivity contribution in [1.82, 2.24) is 14.5 Å². The third-order valence-electron chi connectivity index (χ3n) is 7.84. The summed E-state index contributed by atoms with van der Waals surface area (Å²) < 4.78 is 39.0. The molecule has 38 heavy (non-hydrogen) atoms. The number of methoxy groups -OCH3 is 2. The number of nitrogens with zero attached hydrogens (tertiary/aromatic N) is 2. The number of nitrogens with one attached hydrogen (secondary N) is 1. The fourth-order valence-corrected chi connectivity index (χ4v) is 7.54. The highest BCUT2D eigenvalue weighted by atomic mass is 35.5. The highest BCUT2D eigenvalue weighted by molar-refractivity contribution is 7.89. The number of hydrogen-bond acceptors (Lipinski definition) is 6. The van der Waals surface area contributed by atoms with Crippen molar-refractivity contribution in [1.29, 1.82) is 0 Å². The summed E-state index contributed by atoms with van der Waals surface area (Å²) in [6, 6.07) is 10.1. The molecule has 0 unspecified atom stereocenters. The quantitative estimate of drug-likeness (QED) is 0.465. The summed E-state index contributed by atoms with van der Waals surface area (Å²) in [6.45, 7) is 5.16. The lowest BCUT2D eigenvalue weighted by atomic mass is 9.96. The monoisotopic (exact) mass is 583 g/mol. The summed E-state index contributed by atoms with van der Waals surface area (Å²) in [5.74, 6) is 1.50. The zero-order valence-corrected chi connectivity index (χ0v) is 24.5. The van der Waals surface area contributed by atoms with Crippen LogP contribution in [0.15, 0.2) is 41.3 Å². The summed E-state index contributed by atoms with van der Waals surface area (Å²) >= 11 is 12.3. The number of rotatable bonds is 9. The van der Waals surface area contributed by atoms with Crippen LogP contribution in [0.5, 0.6) is 11.5 Å². The Morgan fingerprint density at radius 3 is 2.42 bits per heavy atom. The first-order chi connectivity index (χ1) is 18.1. The normalized spacial score (nSPS) is 20.6. The molecular formula is C27H35Cl2N3O5S. The van der Waals surface area contributed by atoms with Gasteiger partial charge in [0.2, 0.25) is 15.9 Å². The van der Waals surface area contributed by atoms with Gasteiger partial charge in [-0.15, -0.1) is 0 Å². The van der Waals surface area contributed by atoms with E-state index in [0.717, 1.165) is 12.0 Å². The highest BCUT2D eigenvalue weighted by Crippen LogP contribution is 2.38. The number of ether oxygens (including phenoxy) is 2. The largest absolute Gasteiger partial charge is 0.493 e. The van der Waals surface area contributed by atoms with E-state index in [0.29, 0.717) is 37.3 Å². The van der Waals surface area contributed by atoms with Gasteiger partial charge < -0.3 is 14.4 Å². The molecule has 0 bridgehead atoms. The molecule has 1 amide bonds. The van der Waals surface area contributed by atoms with E-state index >= 15 is 0 Å². The number of amides is 1. The van der Waals surface area contributed by atoms with E-state index in [1.807, 2.05) is 23.1 Å². The Balaban J connectivity index is 1.56. The van der Waals surface area contributed by atoms with Crippen LogP contribution in [0.2, 0.25) is 10.0 Å². The summed E-state index contributed by atoms with van der Waals surface area (Å²) in [4.78, 5) is 15.6.